The second kappa shape index (κ2) is 4.21. The smallest absolute Gasteiger partial charge is 0.105 e. The molecule has 1 fully saturated rings. The lowest BCUT2D eigenvalue weighted by Crippen LogP contribution is -2.42. The van der Waals surface area contributed by atoms with Crippen LogP contribution in [0.4, 0.5) is 0 Å². The zero-order valence-electron chi connectivity index (χ0n) is 10.8. The first-order valence-electron chi connectivity index (χ1n) is 6.29. The summed E-state index contributed by atoms with van der Waals surface area (Å²) in [5, 5.41) is 3.65. The van der Waals surface area contributed by atoms with Crippen molar-refractivity contribution in [2.45, 2.75) is 52.6 Å². The van der Waals surface area contributed by atoms with Gasteiger partial charge < -0.3 is 9.88 Å². The Morgan fingerprint density at radius 2 is 2.31 bits per heavy atom. The number of nitrogens with one attached hydrogen (secondary N) is 1. The first-order valence-corrected chi connectivity index (χ1v) is 6.29. The van der Waals surface area contributed by atoms with E-state index in [1.54, 1.807) is 0 Å². The summed E-state index contributed by atoms with van der Waals surface area (Å²) in [5.41, 5.74) is 0.386. The predicted octanol–water partition coefficient (Wildman–Crippen LogP) is 2.53. The fourth-order valence-corrected chi connectivity index (χ4v) is 3.03. The molecule has 2 atom stereocenters. The molecule has 1 aromatic rings. The second-order valence-corrected chi connectivity index (χ2v) is 5.51. The van der Waals surface area contributed by atoms with Crippen molar-refractivity contribution >= 4 is 0 Å². The van der Waals surface area contributed by atoms with E-state index in [1.165, 1.54) is 12.8 Å². The normalized spacial score (nSPS) is 28.5. The van der Waals surface area contributed by atoms with Crippen molar-refractivity contribution in [3.8, 4) is 0 Å². The van der Waals surface area contributed by atoms with Crippen LogP contribution in [0.3, 0.4) is 0 Å². The largest absolute Gasteiger partial charge is 0.331 e. The molecule has 3 heteroatoms. The molecule has 2 rings (SSSR count). The van der Waals surface area contributed by atoms with Crippen molar-refractivity contribution in [1.82, 2.24) is 14.9 Å². The third kappa shape index (κ3) is 1.88. The maximum Gasteiger partial charge on any atom is 0.105 e. The van der Waals surface area contributed by atoms with Gasteiger partial charge in [-0.15, -0.1) is 0 Å². The highest BCUT2D eigenvalue weighted by molar-refractivity contribution is 5.03. The summed E-state index contributed by atoms with van der Waals surface area (Å²) < 4.78 is 2.34. The van der Waals surface area contributed by atoms with Gasteiger partial charge in [-0.1, -0.05) is 20.8 Å². The van der Waals surface area contributed by atoms with Crippen LogP contribution >= 0.6 is 0 Å². The van der Waals surface area contributed by atoms with Crippen LogP contribution in [0.2, 0.25) is 0 Å². The third-order valence-electron chi connectivity index (χ3n) is 3.95. The molecular formula is C13H23N3. The molecule has 1 saturated carbocycles. The van der Waals surface area contributed by atoms with E-state index in [4.69, 9.17) is 0 Å². The topological polar surface area (TPSA) is 29.9 Å². The molecule has 0 spiro atoms. The maximum atomic E-state index is 4.34. The number of rotatable bonds is 3. The molecule has 0 aliphatic heterocycles. The number of hydrogen-bond acceptors (Lipinski definition) is 2. The first-order chi connectivity index (χ1) is 7.56. The monoisotopic (exact) mass is 221 g/mol. The highest BCUT2D eigenvalue weighted by Crippen LogP contribution is 2.44. The van der Waals surface area contributed by atoms with Crippen molar-refractivity contribution in [3.63, 3.8) is 0 Å². The molecule has 2 unspecified atom stereocenters. The Hall–Kier alpha value is -0.830. The minimum atomic E-state index is 0.386. The van der Waals surface area contributed by atoms with Gasteiger partial charge in [-0.05, 0) is 31.7 Å². The Morgan fingerprint density at radius 1 is 1.56 bits per heavy atom. The summed E-state index contributed by atoms with van der Waals surface area (Å²) in [7, 11) is 0. The van der Waals surface area contributed by atoms with Crippen LogP contribution in [0.1, 0.15) is 45.5 Å². The van der Waals surface area contributed by atoms with Crippen LogP contribution in [0.25, 0.3) is 0 Å². The average molecular weight is 221 g/mol. The SMILES string of the molecule is CCNC1C(n2ccnc2C)CCC1(C)C. The zero-order chi connectivity index (χ0) is 11.8. The van der Waals surface area contributed by atoms with Crippen LogP contribution in [0.5, 0.6) is 0 Å². The van der Waals surface area contributed by atoms with E-state index < -0.39 is 0 Å². The van der Waals surface area contributed by atoms with E-state index in [0.29, 0.717) is 17.5 Å². The van der Waals surface area contributed by atoms with Crippen molar-refractivity contribution in [1.29, 1.82) is 0 Å². The van der Waals surface area contributed by atoms with Crippen molar-refractivity contribution in [2.75, 3.05) is 6.54 Å². The molecule has 1 aromatic heterocycles. The van der Waals surface area contributed by atoms with E-state index in [1.807, 2.05) is 6.20 Å². The first kappa shape index (κ1) is 11.6. The van der Waals surface area contributed by atoms with Gasteiger partial charge in [-0.2, -0.15) is 0 Å². The summed E-state index contributed by atoms with van der Waals surface area (Å²) in [6.07, 6.45) is 6.56. The lowest BCUT2D eigenvalue weighted by Gasteiger charge is -2.32. The van der Waals surface area contributed by atoms with E-state index in [0.717, 1.165) is 12.4 Å². The standard InChI is InChI=1S/C13H23N3/c1-5-14-12-11(6-7-13(12,3)4)16-9-8-15-10(16)2/h8-9,11-12,14H,5-7H2,1-4H3. The Kier molecular flexibility index (Phi) is 3.06. The molecule has 0 amide bonds. The van der Waals surface area contributed by atoms with Crippen LogP contribution in [0, 0.1) is 12.3 Å². The molecule has 1 aliphatic rings. The van der Waals surface area contributed by atoms with Gasteiger partial charge in [0.2, 0.25) is 0 Å². The lowest BCUT2D eigenvalue weighted by molar-refractivity contribution is 0.251. The van der Waals surface area contributed by atoms with Gasteiger partial charge in [0.25, 0.3) is 0 Å². The number of imidazole rings is 1. The number of nitrogens with zero attached hydrogens (tertiary/aromatic N) is 2. The molecule has 0 bridgehead atoms. The minimum Gasteiger partial charge on any atom is -0.331 e. The van der Waals surface area contributed by atoms with Crippen LogP contribution in [-0.2, 0) is 0 Å². The van der Waals surface area contributed by atoms with Gasteiger partial charge in [-0.25, -0.2) is 4.98 Å². The number of hydrogen-bond donors (Lipinski definition) is 1. The van der Waals surface area contributed by atoms with Crippen LogP contribution in [-0.4, -0.2) is 22.1 Å². The molecule has 16 heavy (non-hydrogen) atoms. The summed E-state index contributed by atoms with van der Waals surface area (Å²) in [5.74, 6) is 1.13. The van der Waals surface area contributed by atoms with E-state index in [-0.39, 0.29) is 0 Å². The van der Waals surface area contributed by atoms with Crippen molar-refractivity contribution in [3.05, 3.63) is 18.2 Å². The lowest BCUT2D eigenvalue weighted by atomic mass is 9.86. The molecular weight excluding hydrogens is 198 g/mol. The van der Waals surface area contributed by atoms with Crippen molar-refractivity contribution < 1.29 is 0 Å². The molecule has 90 valence electrons. The molecule has 1 aliphatic carbocycles. The highest BCUT2D eigenvalue weighted by Gasteiger charge is 2.42. The fraction of sp³-hybridized carbons (Fsp3) is 0.769. The number of likely N-dealkylation sites (N-methyl/N-ethyl adjacent to an activating group) is 1. The Labute approximate surface area is 98.3 Å². The van der Waals surface area contributed by atoms with Gasteiger partial charge >= 0.3 is 0 Å². The molecule has 0 aromatic carbocycles. The summed E-state index contributed by atoms with van der Waals surface area (Å²) >= 11 is 0. The van der Waals surface area contributed by atoms with Crippen LogP contribution in [0.15, 0.2) is 12.4 Å². The van der Waals surface area contributed by atoms with E-state index in [9.17, 15) is 0 Å². The van der Waals surface area contributed by atoms with Crippen molar-refractivity contribution in [2.24, 2.45) is 5.41 Å². The minimum absolute atomic E-state index is 0.386. The number of aryl methyl sites for hydroxylation is 1. The fourth-order valence-electron chi connectivity index (χ4n) is 3.03. The summed E-state index contributed by atoms with van der Waals surface area (Å²) in [6.45, 7) is 10.1. The number of aromatic nitrogens is 2. The average Bonchev–Trinajstić information content (AvgIpc) is 2.74. The quantitative estimate of drug-likeness (QED) is 0.850. The molecule has 1 N–H and O–H groups in total. The van der Waals surface area contributed by atoms with Gasteiger partial charge in [0.05, 0.1) is 6.04 Å². The predicted molar refractivity (Wildman–Crippen MR) is 66.5 cm³/mol. The van der Waals surface area contributed by atoms with Crippen LogP contribution < -0.4 is 5.32 Å². The Balaban J connectivity index is 2.25. The molecule has 3 nitrogen and oxygen atoms in total. The van der Waals surface area contributed by atoms with E-state index in [2.05, 4.69) is 48.8 Å². The molecule has 0 saturated heterocycles. The van der Waals surface area contributed by atoms with Gasteiger partial charge in [-0.3, -0.25) is 0 Å². The Morgan fingerprint density at radius 3 is 2.88 bits per heavy atom. The zero-order valence-corrected chi connectivity index (χ0v) is 10.8. The van der Waals surface area contributed by atoms with Gasteiger partial charge in [0.1, 0.15) is 5.82 Å². The van der Waals surface area contributed by atoms with Gasteiger partial charge in [0, 0.05) is 18.4 Å². The van der Waals surface area contributed by atoms with Gasteiger partial charge in [0.15, 0.2) is 0 Å². The Bertz CT molecular complexity index is 354. The molecule has 0 radical (unpaired) electrons. The van der Waals surface area contributed by atoms with E-state index >= 15 is 0 Å². The maximum absolute atomic E-state index is 4.34. The summed E-state index contributed by atoms with van der Waals surface area (Å²) in [6, 6.07) is 1.13. The summed E-state index contributed by atoms with van der Waals surface area (Å²) in [4.78, 5) is 4.34. The molecule has 1 heterocycles. The highest BCUT2D eigenvalue weighted by atomic mass is 15.1. The second-order valence-electron chi connectivity index (χ2n) is 5.51. The third-order valence-corrected chi connectivity index (χ3v) is 3.95.